The van der Waals surface area contributed by atoms with Gasteiger partial charge in [-0.25, -0.2) is 9.78 Å². The number of anilines is 1. The number of methoxy groups -OCH3 is 1. The fourth-order valence-corrected chi connectivity index (χ4v) is 5.07. The smallest absolute Gasteiger partial charge is 0.350 e. The quantitative estimate of drug-likeness (QED) is 0.216. The third-order valence-electron chi connectivity index (χ3n) is 5.44. The summed E-state index contributed by atoms with van der Waals surface area (Å²) in [5.74, 6) is -2.30. The minimum absolute atomic E-state index is 0.118. The number of hydrogen-bond donors (Lipinski definition) is 1. The zero-order chi connectivity index (χ0) is 25.3. The minimum atomic E-state index is -0.974. The number of aromatic nitrogens is 1. The molecule has 4 rings (SSSR count). The molecule has 0 saturated carbocycles. The molecule has 180 valence electrons. The van der Waals surface area contributed by atoms with Crippen molar-refractivity contribution < 1.29 is 29.0 Å². The lowest BCUT2D eigenvalue weighted by atomic mass is 9.95. The molecule has 0 unspecified atom stereocenters. The van der Waals surface area contributed by atoms with Crippen LogP contribution in [0, 0.1) is 6.92 Å². The molecule has 0 aliphatic carbocycles. The van der Waals surface area contributed by atoms with Crippen LogP contribution in [-0.2, 0) is 14.3 Å². The molecule has 8 nitrogen and oxygen atoms in total. The summed E-state index contributed by atoms with van der Waals surface area (Å²) in [5.41, 5.74) is 1.09. The summed E-state index contributed by atoms with van der Waals surface area (Å²) in [6.45, 7) is 3.50. The number of rotatable bonds is 6. The Morgan fingerprint density at radius 3 is 2.54 bits per heavy atom. The van der Waals surface area contributed by atoms with Crippen LogP contribution in [0.1, 0.15) is 39.5 Å². The van der Waals surface area contributed by atoms with Crippen molar-refractivity contribution >= 4 is 51.5 Å². The van der Waals surface area contributed by atoms with Gasteiger partial charge in [-0.05, 0) is 37.6 Å². The summed E-state index contributed by atoms with van der Waals surface area (Å²) in [6.07, 6.45) is 0. The maximum atomic E-state index is 13.3. The third kappa shape index (κ3) is 4.40. The lowest BCUT2D eigenvalue weighted by molar-refractivity contribution is -0.132. The van der Waals surface area contributed by atoms with Gasteiger partial charge >= 0.3 is 11.9 Å². The van der Waals surface area contributed by atoms with Crippen LogP contribution in [0.4, 0.5) is 5.13 Å². The van der Waals surface area contributed by atoms with Crippen molar-refractivity contribution in [3.05, 3.63) is 80.8 Å². The highest BCUT2D eigenvalue weighted by molar-refractivity contribution is 7.17. The highest BCUT2D eigenvalue weighted by atomic mass is 35.5. The normalized spacial score (nSPS) is 17.0. The zero-order valence-electron chi connectivity index (χ0n) is 19.1. The van der Waals surface area contributed by atoms with E-state index in [1.807, 2.05) is 0 Å². The van der Waals surface area contributed by atoms with Gasteiger partial charge in [0.15, 0.2) is 5.13 Å². The molecule has 0 radical (unpaired) electrons. The molecule has 1 saturated heterocycles. The number of halogens is 1. The van der Waals surface area contributed by atoms with Gasteiger partial charge < -0.3 is 14.6 Å². The van der Waals surface area contributed by atoms with Crippen LogP contribution in [0.25, 0.3) is 5.76 Å². The summed E-state index contributed by atoms with van der Waals surface area (Å²) in [6, 6.07) is 12.4. The molecule has 1 aromatic heterocycles. The van der Waals surface area contributed by atoms with Crippen molar-refractivity contribution in [2.75, 3.05) is 18.6 Å². The van der Waals surface area contributed by atoms with Gasteiger partial charge in [0, 0.05) is 5.56 Å². The molecule has 0 bridgehead atoms. The molecular formula is C25H21ClN2O6S. The van der Waals surface area contributed by atoms with Gasteiger partial charge in [-0.15, -0.1) is 0 Å². The lowest BCUT2D eigenvalue weighted by Gasteiger charge is -2.23. The van der Waals surface area contributed by atoms with Gasteiger partial charge in [0.05, 0.1) is 36.0 Å². The first-order valence-corrected chi connectivity index (χ1v) is 11.8. The number of amides is 1. The monoisotopic (exact) mass is 512 g/mol. The lowest BCUT2D eigenvalue weighted by Crippen LogP contribution is -2.29. The van der Waals surface area contributed by atoms with E-state index in [1.54, 1.807) is 56.3 Å². The summed E-state index contributed by atoms with van der Waals surface area (Å²) in [7, 11) is 1.46. The van der Waals surface area contributed by atoms with Gasteiger partial charge in [-0.2, -0.15) is 0 Å². The first-order valence-electron chi connectivity index (χ1n) is 10.6. The van der Waals surface area contributed by atoms with Crippen molar-refractivity contribution in [3.63, 3.8) is 0 Å². The van der Waals surface area contributed by atoms with Crippen LogP contribution in [0.3, 0.4) is 0 Å². The number of ether oxygens (including phenoxy) is 2. The number of Topliss-reactive ketones (excluding diaryl/α,β-unsaturated/α-hetero) is 1. The summed E-state index contributed by atoms with van der Waals surface area (Å²) in [4.78, 5) is 44.7. The molecule has 1 amide bonds. The number of hydrogen-bond acceptors (Lipinski definition) is 8. The van der Waals surface area contributed by atoms with Crippen LogP contribution in [-0.4, -0.2) is 41.5 Å². The Morgan fingerprint density at radius 2 is 1.91 bits per heavy atom. The first kappa shape index (κ1) is 24.4. The van der Waals surface area contributed by atoms with E-state index in [-0.39, 0.29) is 38.5 Å². The average molecular weight is 513 g/mol. The Hall–Kier alpha value is -3.69. The second-order valence-electron chi connectivity index (χ2n) is 7.56. The Kier molecular flexibility index (Phi) is 6.90. The number of ketones is 1. The summed E-state index contributed by atoms with van der Waals surface area (Å²) >= 11 is 7.18. The molecule has 2 heterocycles. The Bertz CT molecular complexity index is 1350. The van der Waals surface area contributed by atoms with Gasteiger partial charge in [0.25, 0.3) is 5.78 Å². The number of benzene rings is 2. The minimum Gasteiger partial charge on any atom is -0.507 e. The highest BCUT2D eigenvalue weighted by Crippen LogP contribution is 2.44. The molecule has 1 atom stereocenters. The molecular weight excluding hydrogens is 492 g/mol. The van der Waals surface area contributed by atoms with E-state index >= 15 is 0 Å². The Morgan fingerprint density at radius 1 is 1.20 bits per heavy atom. The number of aryl methyl sites for hydroxylation is 1. The number of aliphatic hydroxyl groups is 1. The molecule has 1 N–H and O–H groups in total. The van der Waals surface area contributed by atoms with Crippen LogP contribution in [0.5, 0.6) is 5.75 Å². The molecule has 3 aromatic rings. The Balaban J connectivity index is 1.89. The average Bonchev–Trinajstić information content (AvgIpc) is 3.36. The van der Waals surface area contributed by atoms with E-state index in [0.717, 1.165) is 11.3 Å². The first-order chi connectivity index (χ1) is 16.8. The number of aliphatic hydroxyl groups excluding tert-OH is 1. The third-order valence-corrected chi connectivity index (χ3v) is 6.87. The maximum absolute atomic E-state index is 13.3. The van der Waals surface area contributed by atoms with Gasteiger partial charge in [-0.1, -0.05) is 53.3 Å². The number of thiazole rings is 1. The van der Waals surface area contributed by atoms with Crippen molar-refractivity contribution in [2.45, 2.75) is 19.9 Å². The maximum Gasteiger partial charge on any atom is 0.350 e. The number of nitrogens with zero attached hydrogens (tertiary/aromatic N) is 2. The summed E-state index contributed by atoms with van der Waals surface area (Å²) < 4.78 is 10.2. The van der Waals surface area contributed by atoms with E-state index in [1.165, 1.54) is 18.1 Å². The highest BCUT2D eigenvalue weighted by Gasteiger charge is 2.48. The Labute approximate surface area is 210 Å². The van der Waals surface area contributed by atoms with E-state index < -0.39 is 23.7 Å². The van der Waals surface area contributed by atoms with Crippen molar-refractivity contribution in [3.8, 4) is 5.75 Å². The van der Waals surface area contributed by atoms with E-state index in [4.69, 9.17) is 21.1 Å². The second kappa shape index (κ2) is 9.89. The van der Waals surface area contributed by atoms with Crippen LogP contribution >= 0.6 is 22.9 Å². The summed E-state index contributed by atoms with van der Waals surface area (Å²) in [5, 5.41) is 11.6. The van der Waals surface area contributed by atoms with Crippen LogP contribution < -0.4 is 9.64 Å². The molecule has 1 aliphatic heterocycles. The number of esters is 1. The predicted molar refractivity (Wildman–Crippen MR) is 132 cm³/mol. The molecule has 1 aliphatic rings. The topological polar surface area (TPSA) is 106 Å². The van der Waals surface area contributed by atoms with Crippen molar-refractivity contribution in [1.29, 1.82) is 0 Å². The van der Waals surface area contributed by atoms with E-state index in [9.17, 15) is 19.5 Å². The second-order valence-corrected chi connectivity index (χ2v) is 8.95. The fraction of sp³-hybridized carbons (Fsp3) is 0.200. The number of carbonyl (C=O) groups is 3. The van der Waals surface area contributed by atoms with Crippen LogP contribution in [0.2, 0.25) is 5.02 Å². The largest absolute Gasteiger partial charge is 0.507 e. The van der Waals surface area contributed by atoms with Gasteiger partial charge in [0.1, 0.15) is 16.4 Å². The van der Waals surface area contributed by atoms with E-state index in [0.29, 0.717) is 17.0 Å². The van der Waals surface area contributed by atoms with E-state index in [2.05, 4.69) is 4.98 Å². The fourth-order valence-electron chi connectivity index (χ4n) is 3.82. The SMILES string of the molecule is CCOC(=O)c1sc(N2C(=O)C(=O)/C(=C(/O)c3ccc(OC)c(Cl)c3)[C@@H]2c2ccccc2)nc1C. The molecule has 10 heteroatoms. The molecule has 35 heavy (non-hydrogen) atoms. The predicted octanol–water partition coefficient (Wildman–Crippen LogP) is 4.92. The standard InChI is InChI=1S/C25H21ClN2O6S/c1-4-34-24(32)22-13(2)27-25(35-22)28-19(14-8-6-5-7-9-14)18(21(30)23(28)31)20(29)15-10-11-17(33-3)16(26)12-15/h5-12,19,29H,4H2,1-3H3/b20-18+/t19-/m0/s1. The van der Waals surface area contributed by atoms with Gasteiger partial charge in [0.2, 0.25) is 0 Å². The van der Waals surface area contributed by atoms with Crippen molar-refractivity contribution in [2.24, 2.45) is 0 Å². The molecule has 0 spiro atoms. The molecule has 2 aromatic carbocycles. The zero-order valence-corrected chi connectivity index (χ0v) is 20.6. The number of carbonyl (C=O) groups excluding carboxylic acids is 3. The van der Waals surface area contributed by atoms with Gasteiger partial charge in [-0.3, -0.25) is 14.5 Å². The van der Waals surface area contributed by atoms with Crippen LogP contribution in [0.15, 0.2) is 54.1 Å². The van der Waals surface area contributed by atoms with Crippen molar-refractivity contribution in [1.82, 2.24) is 4.98 Å². The molecule has 1 fully saturated rings.